The fourth-order valence-electron chi connectivity index (χ4n) is 1.82. The van der Waals surface area contributed by atoms with Gasteiger partial charge in [-0.25, -0.2) is 8.42 Å². The number of methoxy groups -OCH3 is 1. The molecular formula is C10H17N5O3S. The average Bonchev–Trinajstić information content (AvgIpc) is 2.69. The molecule has 8 nitrogen and oxygen atoms in total. The van der Waals surface area contributed by atoms with Gasteiger partial charge in [0.2, 0.25) is 5.95 Å². The maximum atomic E-state index is 11.3. The molecular weight excluding hydrogens is 270 g/mol. The summed E-state index contributed by atoms with van der Waals surface area (Å²) >= 11 is 0. The van der Waals surface area contributed by atoms with Gasteiger partial charge in [-0.2, -0.15) is 10.1 Å². The Balaban J connectivity index is 1.92. The molecule has 0 amide bonds. The Hall–Kier alpha value is -1.48. The van der Waals surface area contributed by atoms with E-state index in [-0.39, 0.29) is 17.5 Å². The highest BCUT2D eigenvalue weighted by molar-refractivity contribution is 7.91. The van der Waals surface area contributed by atoms with Crippen LogP contribution in [-0.4, -0.2) is 61.4 Å². The molecule has 2 N–H and O–H groups in total. The zero-order valence-corrected chi connectivity index (χ0v) is 11.5. The van der Waals surface area contributed by atoms with Gasteiger partial charge in [0.25, 0.3) is 0 Å². The van der Waals surface area contributed by atoms with Crippen LogP contribution in [0.5, 0.6) is 0 Å². The number of ether oxygens (including phenoxy) is 1. The van der Waals surface area contributed by atoms with Crippen LogP contribution >= 0.6 is 0 Å². The van der Waals surface area contributed by atoms with Crippen molar-refractivity contribution in [2.45, 2.75) is 12.5 Å². The van der Waals surface area contributed by atoms with Crippen LogP contribution in [0.3, 0.4) is 0 Å². The Morgan fingerprint density at radius 1 is 1.53 bits per heavy atom. The molecule has 1 atom stereocenters. The largest absolute Gasteiger partial charge is 0.383 e. The normalized spacial score (nSPS) is 21.2. The Labute approximate surface area is 111 Å². The van der Waals surface area contributed by atoms with Crippen LogP contribution in [0, 0.1) is 0 Å². The van der Waals surface area contributed by atoms with Crippen molar-refractivity contribution >= 4 is 21.6 Å². The lowest BCUT2D eigenvalue weighted by Gasteiger charge is -2.11. The maximum absolute atomic E-state index is 11.3. The minimum Gasteiger partial charge on any atom is -0.383 e. The molecule has 1 aliphatic heterocycles. The fraction of sp³-hybridized carbons (Fsp3) is 0.700. The summed E-state index contributed by atoms with van der Waals surface area (Å²) in [6, 6.07) is -0.138. The fourth-order valence-corrected chi connectivity index (χ4v) is 3.50. The molecule has 1 fully saturated rings. The summed E-state index contributed by atoms with van der Waals surface area (Å²) in [4.78, 5) is 4.21. The average molecular weight is 287 g/mol. The predicted molar refractivity (Wildman–Crippen MR) is 70.9 cm³/mol. The van der Waals surface area contributed by atoms with E-state index in [4.69, 9.17) is 4.74 Å². The third-order valence-corrected chi connectivity index (χ3v) is 4.50. The van der Waals surface area contributed by atoms with Gasteiger partial charge in [0.05, 0.1) is 24.3 Å². The van der Waals surface area contributed by atoms with Gasteiger partial charge in [0.1, 0.15) is 0 Å². The second-order valence-corrected chi connectivity index (χ2v) is 6.56. The van der Waals surface area contributed by atoms with Crippen molar-refractivity contribution in [2.75, 3.05) is 42.4 Å². The highest BCUT2D eigenvalue weighted by Gasteiger charge is 2.28. The van der Waals surface area contributed by atoms with Crippen LogP contribution in [0.25, 0.3) is 0 Å². The van der Waals surface area contributed by atoms with E-state index in [0.717, 1.165) is 0 Å². The molecule has 1 saturated heterocycles. The number of nitrogens with one attached hydrogen (secondary N) is 2. The van der Waals surface area contributed by atoms with Gasteiger partial charge in [0.15, 0.2) is 15.7 Å². The van der Waals surface area contributed by atoms with E-state index < -0.39 is 9.84 Å². The molecule has 19 heavy (non-hydrogen) atoms. The molecule has 0 bridgehead atoms. The van der Waals surface area contributed by atoms with Crippen LogP contribution in [0.2, 0.25) is 0 Å². The zero-order chi connectivity index (χ0) is 13.7. The number of hydrogen-bond donors (Lipinski definition) is 2. The van der Waals surface area contributed by atoms with Crippen molar-refractivity contribution in [3.8, 4) is 0 Å². The molecule has 0 saturated carbocycles. The first-order chi connectivity index (χ1) is 9.09. The summed E-state index contributed by atoms with van der Waals surface area (Å²) in [6.07, 6.45) is 2.08. The number of aromatic nitrogens is 3. The molecule has 0 radical (unpaired) electrons. The van der Waals surface area contributed by atoms with Crippen LogP contribution in [0.1, 0.15) is 6.42 Å². The van der Waals surface area contributed by atoms with Gasteiger partial charge in [-0.15, -0.1) is 5.10 Å². The standard InChI is InChI=1S/C10H17N5O3S/c1-18-4-3-11-9-6-12-15-10(14-9)13-8-2-5-19(16,17)7-8/h6,8H,2-5,7H2,1H3,(H2,11,13,14,15). The molecule has 0 spiro atoms. The first-order valence-electron chi connectivity index (χ1n) is 5.98. The number of sulfone groups is 1. The summed E-state index contributed by atoms with van der Waals surface area (Å²) in [5.41, 5.74) is 0. The van der Waals surface area contributed by atoms with E-state index in [1.165, 1.54) is 6.20 Å². The number of rotatable bonds is 6. The number of hydrogen-bond acceptors (Lipinski definition) is 8. The number of nitrogens with zero attached hydrogens (tertiary/aromatic N) is 3. The van der Waals surface area contributed by atoms with E-state index in [2.05, 4.69) is 25.8 Å². The second-order valence-electron chi connectivity index (χ2n) is 4.33. The van der Waals surface area contributed by atoms with Crippen LogP contribution < -0.4 is 10.6 Å². The Morgan fingerprint density at radius 3 is 3.05 bits per heavy atom. The first-order valence-corrected chi connectivity index (χ1v) is 7.81. The monoisotopic (exact) mass is 287 g/mol. The Morgan fingerprint density at radius 2 is 2.37 bits per heavy atom. The highest BCUT2D eigenvalue weighted by Crippen LogP contribution is 2.15. The van der Waals surface area contributed by atoms with Crippen molar-refractivity contribution in [3.05, 3.63) is 6.20 Å². The van der Waals surface area contributed by atoms with Gasteiger partial charge in [-0.1, -0.05) is 0 Å². The third-order valence-electron chi connectivity index (χ3n) is 2.74. The van der Waals surface area contributed by atoms with Gasteiger partial charge >= 0.3 is 0 Å². The minimum absolute atomic E-state index is 0.123. The van der Waals surface area contributed by atoms with E-state index >= 15 is 0 Å². The van der Waals surface area contributed by atoms with Gasteiger partial charge in [-0.05, 0) is 6.42 Å². The lowest BCUT2D eigenvalue weighted by molar-refractivity contribution is 0.210. The van der Waals surface area contributed by atoms with Crippen molar-refractivity contribution in [3.63, 3.8) is 0 Å². The van der Waals surface area contributed by atoms with Crippen LogP contribution in [0.15, 0.2) is 6.20 Å². The van der Waals surface area contributed by atoms with E-state index in [0.29, 0.717) is 31.3 Å². The van der Waals surface area contributed by atoms with Gasteiger partial charge in [0, 0.05) is 19.7 Å². The van der Waals surface area contributed by atoms with Crippen molar-refractivity contribution in [1.29, 1.82) is 0 Å². The predicted octanol–water partition coefficient (Wildman–Crippen LogP) is -0.471. The molecule has 2 heterocycles. The van der Waals surface area contributed by atoms with Crippen LogP contribution in [-0.2, 0) is 14.6 Å². The SMILES string of the molecule is COCCNc1cnnc(NC2CCS(=O)(=O)C2)n1. The van der Waals surface area contributed by atoms with E-state index in [1.807, 2.05) is 0 Å². The molecule has 0 aliphatic carbocycles. The smallest absolute Gasteiger partial charge is 0.244 e. The summed E-state index contributed by atoms with van der Waals surface area (Å²) in [5.74, 6) is 1.25. The van der Waals surface area contributed by atoms with Crippen molar-refractivity contribution < 1.29 is 13.2 Å². The van der Waals surface area contributed by atoms with E-state index in [1.54, 1.807) is 7.11 Å². The molecule has 1 aromatic rings. The molecule has 0 aromatic carbocycles. The third kappa shape index (κ3) is 4.28. The van der Waals surface area contributed by atoms with Gasteiger partial charge in [-0.3, -0.25) is 0 Å². The van der Waals surface area contributed by atoms with Gasteiger partial charge < -0.3 is 15.4 Å². The quantitative estimate of drug-likeness (QED) is 0.676. The van der Waals surface area contributed by atoms with Crippen molar-refractivity contribution in [1.82, 2.24) is 15.2 Å². The summed E-state index contributed by atoms with van der Waals surface area (Å²) < 4.78 is 27.6. The van der Waals surface area contributed by atoms with E-state index in [9.17, 15) is 8.42 Å². The topological polar surface area (TPSA) is 106 Å². The summed E-state index contributed by atoms with van der Waals surface area (Å²) in [5, 5.41) is 13.7. The minimum atomic E-state index is -2.91. The molecule has 2 rings (SSSR count). The first kappa shape index (κ1) is 13.9. The number of anilines is 2. The second kappa shape index (κ2) is 6.11. The molecule has 9 heteroatoms. The summed E-state index contributed by atoms with van der Waals surface area (Å²) in [7, 11) is -1.30. The molecule has 106 valence electrons. The van der Waals surface area contributed by atoms with Crippen LogP contribution in [0.4, 0.5) is 11.8 Å². The highest BCUT2D eigenvalue weighted by atomic mass is 32.2. The lowest BCUT2D eigenvalue weighted by Crippen LogP contribution is -2.22. The lowest BCUT2D eigenvalue weighted by atomic mass is 10.3. The molecule has 1 aliphatic rings. The Bertz CT molecular complexity index is 522. The molecule has 1 aromatic heterocycles. The summed E-state index contributed by atoms with van der Waals surface area (Å²) in [6.45, 7) is 1.18. The molecule has 1 unspecified atom stereocenters. The van der Waals surface area contributed by atoms with Crippen molar-refractivity contribution in [2.24, 2.45) is 0 Å². The Kier molecular flexibility index (Phi) is 4.48. The zero-order valence-electron chi connectivity index (χ0n) is 10.7. The maximum Gasteiger partial charge on any atom is 0.244 e.